The maximum atomic E-state index is 13.7. The normalized spacial score (nSPS) is 11.6. The van der Waals surface area contributed by atoms with Crippen LogP contribution in [-0.2, 0) is 6.42 Å². The number of H-pyrrole nitrogens is 1. The third-order valence-electron chi connectivity index (χ3n) is 2.88. The summed E-state index contributed by atoms with van der Waals surface area (Å²) in [7, 11) is 0. The number of rotatable bonds is 6. The minimum absolute atomic E-state index is 0.229. The van der Waals surface area contributed by atoms with Crippen molar-refractivity contribution in [1.29, 1.82) is 0 Å². The number of nitrogens with one attached hydrogen (secondary N) is 1. The van der Waals surface area contributed by atoms with E-state index in [-0.39, 0.29) is 11.3 Å². The average Bonchev–Trinajstić information content (AvgIpc) is 2.96. The summed E-state index contributed by atoms with van der Waals surface area (Å²) < 4.78 is 19.2. The highest BCUT2D eigenvalue weighted by molar-refractivity contribution is 5.98. The summed E-state index contributed by atoms with van der Waals surface area (Å²) in [5, 5.41) is 11.6. The maximum Gasteiger partial charge on any atom is 0.136 e. The molecule has 0 aliphatic carbocycles. The summed E-state index contributed by atoms with van der Waals surface area (Å²) in [5.41, 5.74) is 1.47. The lowest BCUT2D eigenvalue weighted by Gasteiger charge is -2.07. The number of halogens is 1. The molecule has 1 aromatic carbocycles. The Kier molecular flexibility index (Phi) is 4.70. The molecule has 1 heterocycles. The lowest BCUT2D eigenvalue weighted by atomic mass is 10.1. The molecule has 0 atom stereocenters. The fourth-order valence-electron chi connectivity index (χ4n) is 1.80. The van der Waals surface area contributed by atoms with Gasteiger partial charge in [0.15, 0.2) is 0 Å². The molecule has 2 rings (SSSR count). The molecule has 0 fully saturated rings. The SMILES string of the molecule is CC(=NO)c1ccc(OCCCc2c[nH]cn2)cc1F. The zero-order chi connectivity index (χ0) is 14.4. The molecule has 106 valence electrons. The van der Waals surface area contributed by atoms with Crippen molar-refractivity contribution in [3.8, 4) is 5.75 Å². The first-order valence-electron chi connectivity index (χ1n) is 6.29. The van der Waals surface area contributed by atoms with E-state index in [0.717, 1.165) is 18.5 Å². The predicted molar refractivity (Wildman–Crippen MR) is 72.8 cm³/mol. The van der Waals surface area contributed by atoms with Gasteiger partial charge in [-0.15, -0.1) is 0 Å². The molecule has 0 saturated carbocycles. The second-order valence-corrected chi connectivity index (χ2v) is 4.34. The fourth-order valence-corrected chi connectivity index (χ4v) is 1.80. The number of aromatic nitrogens is 2. The first kappa shape index (κ1) is 14.0. The zero-order valence-electron chi connectivity index (χ0n) is 11.1. The molecule has 1 aromatic heterocycles. The first-order chi connectivity index (χ1) is 9.70. The molecule has 6 heteroatoms. The Labute approximate surface area is 116 Å². The van der Waals surface area contributed by atoms with E-state index in [1.165, 1.54) is 19.1 Å². The number of benzene rings is 1. The van der Waals surface area contributed by atoms with Crippen LogP contribution in [0.25, 0.3) is 0 Å². The summed E-state index contributed by atoms with van der Waals surface area (Å²) in [6.07, 6.45) is 5.08. The largest absolute Gasteiger partial charge is 0.493 e. The van der Waals surface area contributed by atoms with Crippen LogP contribution >= 0.6 is 0 Å². The van der Waals surface area contributed by atoms with Gasteiger partial charge < -0.3 is 14.9 Å². The summed E-state index contributed by atoms with van der Waals surface area (Å²) in [4.78, 5) is 6.99. The molecule has 2 aromatic rings. The van der Waals surface area contributed by atoms with E-state index >= 15 is 0 Å². The standard InChI is InChI=1S/C14H16FN3O2/c1-10(18-19)13-5-4-12(7-14(13)15)20-6-2-3-11-8-16-9-17-11/h4-5,7-9,19H,2-3,6H2,1H3,(H,16,17). The average molecular weight is 277 g/mol. The van der Waals surface area contributed by atoms with E-state index in [2.05, 4.69) is 15.1 Å². The zero-order valence-corrected chi connectivity index (χ0v) is 11.1. The van der Waals surface area contributed by atoms with Gasteiger partial charge in [-0.05, 0) is 31.9 Å². The van der Waals surface area contributed by atoms with E-state index in [0.29, 0.717) is 12.4 Å². The summed E-state index contributed by atoms with van der Waals surface area (Å²) in [5.74, 6) is -0.0101. The van der Waals surface area contributed by atoms with Gasteiger partial charge in [-0.1, -0.05) is 5.16 Å². The number of hydrogen-bond donors (Lipinski definition) is 2. The van der Waals surface area contributed by atoms with Crippen LogP contribution in [0.4, 0.5) is 4.39 Å². The van der Waals surface area contributed by atoms with Crippen LogP contribution < -0.4 is 4.74 Å². The van der Waals surface area contributed by atoms with Gasteiger partial charge in [0.25, 0.3) is 0 Å². The van der Waals surface area contributed by atoms with Crippen LogP contribution in [-0.4, -0.2) is 27.5 Å². The summed E-state index contributed by atoms with van der Waals surface area (Å²) in [6, 6.07) is 4.48. The Morgan fingerprint density at radius 1 is 1.50 bits per heavy atom. The second kappa shape index (κ2) is 6.70. The van der Waals surface area contributed by atoms with Gasteiger partial charge >= 0.3 is 0 Å². The third-order valence-corrected chi connectivity index (χ3v) is 2.88. The third kappa shape index (κ3) is 3.57. The molecule has 20 heavy (non-hydrogen) atoms. The monoisotopic (exact) mass is 277 g/mol. The van der Waals surface area contributed by atoms with Gasteiger partial charge in [0.05, 0.1) is 24.3 Å². The molecule has 0 unspecified atom stereocenters. The molecule has 0 bridgehead atoms. The van der Waals surface area contributed by atoms with Gasteiger partial charge in [0.1, 0.15) is 11.6 Å². The molecule has 0 saturated heterocycles. The number of nitrogens with zero attached hydrogens (tertiary/aromatic N) is 2. The highest BCUT2D eigenvalue weighted by Gasteiger charge is 2.07. The Morgan fingerprint density at radius 2 is 2.35 bits per heavy atom. The number of aromatic amines is 1. The van der Waals surface area contributed by atoms with Crippen LogP contribution in [0.2, 0.25) is 0 Å². The number of hydrogen-bond acceptors (Lipinski definition) is 4. The highest BCUT2D eigenvalue weighted by Crippen LogP contribution is 2.17. The van der Waals surface area contributed by atoms with Gasteiger partial charge in [0, 0.05) is 17.8 Å². The van der Waals surface area contributed by atoms with Crippen molar-refractivity contribution in [2.45, 2.75) is 19.8 Å². The second-order valence-electron chi connectivity index (χ2n) is 4.34. The van der Waals surface area contributed by atoms with Crippen LogP contribution in [0, 0.1) is 5.82 Å². The van der Waals surface area contributed by atoms with Crippen LogP contribution in [0.15, 0.2) is 35.9 Å². The van der Waals surface area contributed by atoms with Crippen LogP contribution in [0.5, 0.6) is 5.75 Å². The van der Waals surface area contributed by atoms with Gasteiger partial charge in [-0.3, -0.25) is 0 Å². The van der Waals surface area contributed by atoms with Crippen molar-refractivity contribution < 1.29 is 14.3 Å². The highest BCUT2D eigenvalue weighted by atomic mass is 19.1. The van der Waals surface area contributed by atoms with E-state index < -0.39 is 5.82 Å². The van der Waals surface area contributed by atoms with Crippen LogP contribution in [0.1, 0.15) is 24.6 Å². The Morgan fingerprint density at radius 3 is 3.00 bits per heavy atom. The number of imidazole rings is 1. The van der Waals surface area contributed by atoms with E-state index in [1.807, 2.05) is 6.20 Å². The van der Waals surface area contributed by atoms with Crippen molar-refractivity contribution >= 4 is 5.71 Å². The number of oxime groups is 1. The summed E-state index contributed by atoms with van der Waals surface area (Å²) >= 11 is 0. The molecular formula is C14H16FN3O2. The van der Waals surface area contributed by atoms with Gasteiger partial charge in [-0.2, -0.15) is 0 Å². The molecule has 0 aliphatic heterocycles. The molecule has 0 radical (unpaired) electrons. The Hall–Kier alpha value is -2.37. The summed E-state index contributed by atoms with van der Waals surface area (Å²) in [6.45, 7) is 2.02. The smallest absolute Gasteiger partial charge is 0.136 e. The predicted octanol–water partition coefficient (Wildman–Crippen LogP) is 2.76. The molecule has 0 amide bonds. The minimum Gasteiger partial charge on any atom is -0.493 e. The fraction of sp³-hybridized carbons (Fsp3) is 0.286. The minimum atomic E-state index is -0.467. The van der Waals surface area contributed by atoms with Crippen molar-refractivity contribution in [3.63, 3.8) is 0 Å². The van der Waals surface area contributed by atoms with Crippen molar-refractivity contribution in [1.82, 2.24) is 9.97 Å². The van der Waals surface area contributed by atoms with Crippen LogP contribution in [0.3, 0.4) is 0 Å². The van der Waals surface area contributed by atoms with E-state index in [4.69, 9.17) is 9.94 Å². The van der Waals surface area contributed by atoms with E-state index in [1.54, 1.807) is 12.4 Å². The number of ether oxygens (including phenoxy) is 1. The lowest BCUT2D eigenvalue weighted by Crippen LogP contribution is -2.02. The molecule has 0 aliphatic rings. The van der Waals surface area contributed by atoms with Crippen molar-refractivity contribution in [3.05, 3.63) is 47.8 Å². The topological polar surface area (TPSA) is 70.5 Å². The quantitative estimate of drug-likeness (QED) is 0.369. The Bertz CT molecular complexity index is 582. The molecular weight excluding hydrogens is 261 g/mol. The maximum absolute atomic E-state index is 13.7. The Balaban J connectivity index is 1.86. The number of aryl methyl sites for hydroxylation is 1. The van der Waals surface area contributed by atoms with Gasteiger partial charge in [0.2, 0.25) is 0 Å². The molecule has 5 nitrogen and oxygen atoms in total. The molecule has 2 N–H and O–H groups in total. The van der Waals surface area contributed by atoms with E-state index in [9.17, 15) is 4.39 Å². The van der Waals surface area contributed by atoms with Gasteiger partial charge in [-0.25, -0.2) is 9.37 Å². The van der Waals surface area contributed by atoms with Crippen molar-refractivity contribution in [2.75, 3.05) is 6.61 Å². The first-order valence-corrected chi connectivity index (χ1v) is 6.29. The molecule has 0 spiro atoms. The lowest BCUT2D eigenvalue weighted by molar-refractivity contribution is 0.308. The van der Waals surface area contributed by atoms with Crippen molar-refractivity contribution in [2.24, 2.45) is 5.16 Å².